The van der Waals surface area contributed by atoms with Crippen LogP contribution in [0.3, 0.4) is 0 Å². The Hall–Kier alpha value is -1.66. The molecule has 3 aliphatic heterocycles. The van der Waals surface area contributed by atoms with Gasteiger partial charge >= 0.3 is 5.97 Å². The second-order valence-electron chi connectivity index (χ2n) is 5.70. The van der Waals surface area contributed by atoms with Crippen molar-refractivity contribution in [1.29, 1.82) is 0 Å². The summed E-state index contributed by atoms with van der Waals surface area (Å²) in [4.78, 5) is 27.7. The van der Waals surface area contributed by atoms with E-state index in [9.17, 15) is 9.59 Å². The standard InChI is InChI=1S/C15H15NO4S/c1-19-14(18)11-10-4-5-15(20-10)8-16(13(17)12(11)15)7-9-3-2-6-21-9/h2-6,10-12H,7-8H2,1H3/t10-,11-,12+,15+/m1/s1. The van der Waals surface area contributed by atoms with Gasteiger partial charge in [-0.1, -0.05) is 18.2 Å². The Labute approximate surface area is 126 Å². The number of likely N-dealkylation sites (tertiary alicyclic amines) is 1. The summed E-state index contributed by atoms with van der Waals surface area (Å²) in [6.45, 7) is 1.08. The quantitative estimate of drug-likeness (QED) is 0.622. The van der Waals surface area contributed by atoms with Gasteiger partial charge < -0.3 is 14.4 Å². The monoisotopic (exact) mass is 305 g/mol. The molecule has 6 heteroatoms. The van der Waals surface area contributed by atoms with Crippen molar-refractivity contribution in [2.24, 2.45) is 11.8 Å². The van der Waals surface area contributed by atoms with E-state index in [4.69, 9.17) is 9.47 Å². The molecule has 5 nitrogen and oxygen atoms in total. The smallest absolute Gasteiger partial charge is 0.312 e. The third kappa shape index (κ3) is 1.72. The molecule has 2 bridgehead atoms. The molecule has 4 heterocycles. The van der Waals surface area contributed by atoms with Crippen molar-refractivity contribution >= 4 is 23.2 Å². The highest BCUT2D eigenvalue weighted by Crippen LogP contribution is 2.52. The molecule has 1 aromatic heterocycles. The predicted molar refractivity (Wildman–Crippen MR) is 75.5 cm³/mol. The van der Waals surface area contributed by atoms with E-state index in [1.807, 2.05) is 29.7 Å². The number of carbonyl (C=O) groups is 2. The topological polar surface area (TPSA) is 55.8 Å². The van der Waals surface area contributed by atoms with Gasteiger partial charge in [0, 0.05) is 4.88 Å². The van der Waals surface area contributed by atoms with E-state index in [2.05, 4.69) is 0 Å². The molecule has 0 saturated carbocycles. The number of nitrogens with zero attached hydrogens (tertiary/aromatic N) is 1. The number of esters is 1. The maximum absolute atomic E-state index is 12.7. The van der Waals surface area contributed by atoms with Gasteiger partial charge in [-0.2, -0.15) is 0 Å². The number of amides is 1. The normalized spacial score (nSPS) is 36.3. The Morgan fingerprint density at radius 2 is 2.48 bits per heavy atom. The summed E-state index contributed by atoms with van der Waals surface area (Å²) >= 11 is 1.62. The van der Waals surface area contributed by atoms with Gasteiger partial charge in [0.05, 0.1) is 32.2 Å². The number of ether oxygens (including phenoxy) is 2. The first kappa shape index (κ1) is 13.0. The van der Waals surface area contributed by atoms with Crippen molar-refractivity contribution in [3.05, 3.63) is 34.5 Å². The zero-order valence-corrected chi connectivity index (χ0v) is 12.3. The van der Waals surface area contributed by atoms with Crippen LogP contribution in [-0.2, 0) is 25.6 Å². The van der Waals surface area contributed by atoms with Crippen LogP contribution in [0.15, 0.2) is 29.7 Å². The van der Waals surface area contributed by atoms with E-state index in [-0.39, 0.29) is 18.0 Å². The number of hydrogen-bond donors (Lipinski definition) is 0. The molecule has 4 atom stereocenters. The van der Waals surface area contributed by atoms with Gasteiger partial charge in [-0.15, -0.1) is 11.3 Å². The van der Waals surface area contributed by atoms with Gasteiger partial charge in [-0.25, -0.2) is 0 Å². The third-order valence-electron chi connectivity index (χ3n) is 4.58. The lowest BCUT2D eigenvalue weighted by Gasteiger charge is -2.22. The molecule has 21 heavy (non-hydrogen) atoms. The summed E-state index contributed by atoms with van der Waals surface area (Å²) in [5, 5.41) is 1.99. The van der Waals surface area contributed by atoms with Crippen LogP contribution in [-0.4, -0.2) is 42.1 Å². The molecule has 0 aliphatic carbocycles. The maximum atomic E-state index is 12.7. The minimum absolute atomic E-state index is 0.00866. The van der Waals surface area contributed by atoms with Crippen LogP contribution in [0, 0.1) is 11.8 Å². The molecule has 0 N–H and O–H groups in total. The summed E-state index contributed by atoms with van der Waals surface area (Å²) in [6.07, 6.45) is 3.52. The second kappa shape index (κ2) is 4.42. The number of fused-ring (bicyclic) bond motifs is 1. The van der Waals surface area contributed by atoms with Gasteiger partial charge in [0.1, 0.15) is 11.5 Å². The van der Waals surface area contributed by atoms with Crippen LogP contribution in [0.1, 0.15) is 4.88 Å². The van der Waals surface area contributed by atoms with E-state index in [1.54, 1.807) is 16.2 Å². The Balaban J connectivity index is 1.64. The lowest BCUT2D eigenvalue weighted by atomic mass is 9.77. The lowest BCUT2D eigenvalue weighted by molar-refractivity contribution is -0.151. The summed E-state index contributed by atoms with van der Waals surface area (Å²) in [7, 11) is 1.35. The summed E-state index contributed by atoms with van der Waals surface area (Å²) in [6, 6.07) is 3.98. The van der Waals surface area contributed by atoms with Crippen LogP contribution >= 0.6 is 11.3 Å². The lowest BCUT2D eigenvalue weighted by Crippen LogP contribution is -2.39. The molecule has 0 radical (unpaired) electrons. The van der Waals surface area contributed by atoms with Gasteiger partial charge in [0.15, 0.2) is 0 Å². The van der Waals surface area contributed by atoms with Crippen molar-refractivity contribution in [1.82, 2.24) is 4.90 Å². The first-order valence-corrected chi connectivity index (χ1v) is 7.79. The van der Waals surface area contributed by atoms with E-state index in [1.165, 1.54) is 7.11 Å². The molecule has 2 saturated heterocycles. The Bertz CT molecular complexity index is 626. The molecule has 110 valence electrons. The van der Waals surface area contributed by atoms with Crippen LogP contribution in [0.2, 0.25) is 0 Å². The maximum Gasteiger partial charge on any atom is 0.312 e. The van der Waals surface area contributed by atoms with Crippen molar-refractivity contribution in [3.63, 3.8) is 0 Å². The molecule has 0 unspecified atom stereocenters. The first-order valence-electron chi connectivity index (χ1n) is 6.91. The molecular formula is C15H15NO4S. The van der Waals surface area contributed by atoms with Gasteiger partial charge in [-0.05, 0) is 11.4 Å². The molecule has 1 aromatic rings. The molecular weight excluding hydrogens is 290 g/mol. The highest BCUT2D eigenvalue weighted by molar-refractivity contribution is 7.09. The molecule has 3 aliphatic rings. The number of rotatable bonds is 3. The highest BCUT2D eigenvalue weighted by Gasteiger charge is 2.67. The van der Waals surface area contributed by atoms with Crippen LogP contribution < -0.4 is 0 Å². The van der Waals surface area contributed by atoms with E-state index < -0.39 is 17.4 Å². The van der Waals surface area contributed by atoms with E-state index >= 15 is 0 Å². The Morgan fingerprint density at radius 3 is 3.19 bits per heavy atom. The van der Waals surface area contributed by atoms with Crippen LogP contribution in [0.4, 0.5) is 0 Å². The first-order chi connectivity index (χ1) is 10.1. The van der Waals surface area contributed by atoms with Crippen molar-refractivity contribution in [3.8, 4) is 0 Å². The van der Waals surface area contributed by atoms with Crippen LogP contribution in [0.25, 0.3) is 0 Å². The van der Waals surface area contributed by atoms with E-state index in [0.29, 0.717) is 13.1 Å². The average Bonchev–Trinajstić information content (AvgIpc) is 3.22. The summed E-state index contributed by atoms with van der Waals surface area (Å²) < 4.78 is 10.8. The fraction of sp³-hybridized carbons (Fsp3) is 0.467. The molecule has 1 amide bonds. The number of carbonyl (C=O) groups excluding carboxylic acids is 2. The van der Waals surface area contributed by atoms with Crippen LogP contribution in [0.5, 0.6) is 0 Å². The van der Waals surface area contributed by atoms with Gasteiger partial charge in [-0.3, -0.25) is 9.59 Å². The summed E-state index contributed by atoms with van der Waals surface area (Å²) in [5.41, 5.74) is -0.641. The molecule has 0 aromatic carbocycles. The second-order valence-corrected chi connectivity index (χ2v) is 6.73. The number of hydrogen-bond acceptors (Lipinski definition) is 5. The zero-order chi connectivity index (χ0) is 14.6. The van der Waals surface area contributed by atoms with Crippen molar-refractivity contribution < 1.29 is 19.1 Å². The Kier molecular flexibility index (Phi) is 2.74. The van der Waals surface area contributed by atoms with Gasteiger partial charge in [0.2, 0.25) is 5.91 Å². The SMILES string of the molecule is COC(=O)[C@H]1[C@H]2C(=O)N(Cc3cccs3)C[C@@]23C=C[C@H]1O3. The molecule has 1 spiro atoms. The fourth-order valence-corrected chi connectivity index (χ4v) is 4.43. The molecule has 4 rings (SSSR count). The molecule has 2 fully saturated rings. The zero-order valence-electron chi connectivity index (χ0n) is 11.5. The average molecular weight is 305 g/mol. The minimum Gasteiger partial charge on any atom is -0.469 e. The predicted octanol–water partition coefficient (Wildman–Crippen LogP) is 1.20. The largest absolute Gasteiger partial charge is 0.469 e. The third-order valence-corrected chi connectivity index (χ3v) is 5.44. The number of methoxy groups -OCH3 is 1. The number of thiophene rings is 1. The van der Waals surface area contributed by atoms with Crippen molar-refractivity contribution in [2.45, 2.75) is 18.2 Å². The van der Waals surface area contributed by atoms with E-state index in [0.717, 1.165) is 4.88 Å². The van der Waals surface area contributed by atoms with Gasteiger partial charge in [0.25, 0.3) is 0 Å². The summed E-state index contributed by atoms with van der Waals surface area (Å²) in [5.74, 6) is -1.33. The Morgan fingerprint density at radius 1 is 1.62 bits per heavy atom. The minimum atomic E-state index is -0.641. The highest BCUT2D eigenvalue weighted by atomic mass is 32.1. The van der Waals surface area contributed by atoms with Crippen molar-refractivity contribution in [2.75, 3.05) is 13.7 Å². The fourth-order valence-electron chi connectivity index (χ4n) is 3.71.